The van der Waals surface area contributed by atoms with Gasteiger partial charge in [0.2, 0.25) is 0 Å². The molecule has 0 aromatic heterocycles. The van der Waals surface area contributed by atoms with E-state index in [2.05, 4.69) is 47.5 Å². The lowest BCUT2D eigenvalue weighted by atomic mass is 10.1. The fourth-order valence-corrected chi connectivity index (χ4v) is 3.33. The van der Waals surface area contributed by atoms with Crippen LogP contribution in [0.1, 0.15) is 77.6 Å². The monoisotopic (exact) mass is 371 g/mol. The first-order valence-electron chi connectivity index (χ1n) is 11.1. The second-order valence-corrected chi connectivity index (χ2v) is 9.72. The number of unbranched alkanes of at least 4 members (excludes halogenated alkanes) is 9. The number of rotatable bonds is 17. The zero-order valence-corrected chi connectivity index (χ0v) is 18.9. The topological polar surface area (TPSA) is 29.1 Å². The normalized spacial score (nSPS) is 12.4. The first-order chi connectivity index (χ1) is 12.2. The molecule has 0 atom stereocenters. The summed E-state index contributed by atoms with van der Waals surface area (Å²) < 4.78 is 1.76. The molecule has 4 heteroatoms. The maximum atomic E-state index is 12.1. The highest BCUT2D eigenvalue weighted by Gasteiger charge is 2.19. The molecule has 0 saturated heterocycles. The minimum Gasteiger partial charge on any atom is -0.351 e. The van der Waals surface area contributed by atoms with Crippen LogP contribution >= 0.6 is 0 Å². The Morgan fingerprint density at radius 3 is 1.69 bits per heavy atom. The van der Waals surface area contributed by atoms with Crippen LogP contribution in [-0.2, 0) is 4.79 Å². The average Bonchev–Trinajstić information content (AvgIpc) is 2.52. The Kier molecular flexibility index (Phi) is 14.1. The van der Waals surface area contributed by atoms with Crippen molar-refractivity contribution in [2.24, 2.45) is 0 Å². The van der Waals surface area contributed by atoms with Gasteiger partial charge in [-0.2, -0.15) is 0 Å². The standard InChI is InChI=1S/C22H48N3O/c1-7-8-9-10-11-12-13-14-15-16-20-25(5,6)21-22(26)23-18-17-19-24(2,3)4/h7-21H2,1-6H3/q+1/p+1. The van der Waals surface area contributed by atoms with Gasteiger partial charge in [0.25, 0.3) is 5.91 Å². The number of amides is 1. The van der Waals surface area contributed by atoms with Gasteiger partial charge in [-0.05, 0) is 12.8 Å². The van der Waals surface area contributed by atoms with E-state index in [4.69, 9.17) is 0 Å². The first-order valence-corrected chi connectivity index (χ1v) is 11.1. The van der Waals surface area contributed by atoms with Gasteiger partial charge < -0.3 is 14.3 Å². The SMILES string of the molecule is CCCCCCCCCCCC[N+](C)(C)CC(=O)NCCC[N+](C)(C)C. The van der Waals surface area contributed by atoms with Crippen molar-refractivity contribution in [1.82, 2.24) is 5.32 Å². The summed E-state index contributed by atoms with van der Waals surface area (Å²) in [5.41, 5.74) is 0. The van der Waals surface area contributed by atoms with Gasteiger partial charge >= 0.3 is 0 Å². The maximum absolute atomic E-state index is 12.1. The maximum Gasteiger partial charge on any atom is 0.275 e. The van der Waals surface area contributed by atoms with Gasteiger partial charge in [-0.1, -0.05) is 58.3 Å². The number of nitrogens with zero attached hydrogens (tertiary/aromatic N) is 2. The van der Waals surface area contributed by atoms with Crippen molar-refractivity contribution in [2.75, 3.05) is 61.4 Å². The Bertz CT molecular complexity index is 348. The lowest BCUT2D eigenvalue weighted by molar-refractivity contribution is -0.882. The van der Waals surface area contributed by atoms with Crippen LogP contribution in [0.3, 0.4) is 0 Å². The van der Waals surface area contributed by atoms with E-state index in [1.54, 1.807) is 0 Å². The zero-order chi connectivity index (χ0) is 19.9. The predicted molar refractivity (Wildman–Crippen MR) is 114 cm³/mol. The summed E-state index contributed by atoms with van der Waals surface area (Å²) in [5.74, 6) is 0.198. The molecule has 0 aliphatic heterocycles. The van der Waals surface area contributed by atoms with E-state index in [9.17, 15) is 4.79 Å². The molecule has 0 aliphatic carbocycles. The summed E-state index contributed by atoms with van der Waals surface area (Å²) in [6.45, 7) is 5.87. The van der Waals surface area contributed by atoms with Crippen LogP contribution in [0.5, 0.6) is 0 Å². The molecule has 4 nitrogen and oxygen atoms in total. The minimum atomic E-state index is 0.198. The Balaban J connectivity index is 3.60. The lowest BCUT2D eigenvalue weighted by Crippen LogP contribution is -2.48. The molecule has 156 valence electrons. The molecule has 0 bridgehead atoms. The number of carbonyl (C=O) groups is 1. The van der Waals surface area contributed by atoms with E-state index in [0.717, 1.165) is 35.0 Å². The highest BCUT2D eigenvalue weighted by atomic mass is 16.2. The molecule has 26 heavy (non-hydrogen) atoms. The van der Waals surface area contributed by atoms with Gasteiger partial charge in [0, 0.05) is 13.0 Å². The molecule has 1 N–H and O–H groups in total. The second kappa shape index (κ2) is 14.4. The largest absolute Gasteiger partial charge is 0.351 e. The summed E-state index contributed by atoms with van der Waals surface area (Å²) in [6, 6.07) is 0. The van der Waals surface area contributed by atoms with Crippen LogP contribution in [0.25, 0.3) is 0 Å². The second-order valence-electron chi connectivity index (χ2n) is 9.72. The van der Waals surface area contributed by atoms with Crippen LogP contribution in [0.4, 0.5) is 0 Å². The van der Waals surface area contributed by atoms with Crippen molar-refractivity contribution in [3.8, 4) is 0 Å². The Morgan fingerprint density at radius 2 is 1.19 bits per heavy atom. The lowest BCUT2D eigenvalue weighted by Gasteiger charge is -2.29. The van der Waals surface area contributed by atoms with Gasteiger partial charge in [-0.25, -0.2) is 0 Å². The molecule has 0 fully saturated rings. The minimum absolute atomic E-state index is 0.198. The molecular weight excluding hydrogens is 322 g/mol. The third-order valence-electron chi connectivity index (χ3n) is 5.02. The van der Waals surface area contributed by atoms with Gasteiger partial charge in [-0.15, -0.1) is 0 Å². The van der Waals surface area contributed by atoms with E-state index >= 15 is 0 Å². The summed E-state index contributed by atoms with van der Waals surface area (Å²) in [6.07, 6.45) is 14.7. The average molecular weight is 372 g/mol. The predicted octanol–water partition coefficient (Wildman–Crippen LogP) is 4.20. The van der Waals surface area contributed by atoms with Crippen molar-refractivity contribution in [2.45, 2.75) is 77.6 Å². The summed E-state index contributed by atoms with van der Waals surface area (Å²) in [7, 11) is 10.9. The fraction of sp³-hybridized carbons (Fsp3) is 0.955. The van der Waals surface area contributed by atoms with E-state index in [0.29, 0.717) is 6.54 Å². The van der Waals surface area contributed by atoms with Crippen molar-refractivity contribution in [1.29, 1.82) is 0 Å². The van der Waals surface area contributed by atoms with Crippen molar-refractivity contribution in [3.05, 3.63) is 0 Å². The molecule has 0 aromatic rings. The molecule has 0 spiro atoms. The summed E-state index contributed by atoms with van der Waals surface area (Å²) >= 11 is 0. The molecule has 0 heterocycles. The molecule has 0 aliphatic rings. The Labute approximate surface area is 164 Å². The Morgan fingerprint density at radius 1 is 0.692 bits per heavy atom. The van der Waals surface area contributed by atoms with Crippen molar-refractivity contribution >= 4 is 5.91 Å². The molecule has 0 radical (unpaired) electrons. The molecular formula is C22H49N3O+2. The van der Waals surface area contributed by atoms with Crippen LogP contribution in [0.15, 0.2) is 0 Å². The van der Waals surface area contributed by atoms with Crippen LogP contribution in [0.2, 0.25) is 0 Å². The third kappa shape index (κ3) is 18.2. The van der Waals surface area contributed by atoms with Crippen LogP contribution < -0.4 is 5.32 Å². The van der Waals surface area contributed by atoms with Gasteiger partial charge in [0.1, 0.15) is 0 Å². The van der Waals surface area contributed by atoms with Crippen LogP contribution in [0, 0.1) is 0 Å². The van der Waals surface area contributed by atoms with E-state index in [1.165, 1.54) is 64.2 Å². The van der Waals surface area contributed by atoms with E-state index in [1.807, 2.05) is 0 Å². The first kappa shape index (κ1) is 25.4. The highest BCUT2D eigenvalue weighted by Crippen LogP contribution is 2.11. The number of carbonyl (C=O) groups excluding carboxylic acids is 1. The molecule has 0 aromatic carbocycles. The number of hydrogen-bond donors (Lipinski definition) is 1. The highest BCUT2D eigenvalue weighted by molar-refractivity contribution is 5.76. The van der Waals surface area contributed by atoms with Gasteiger partial charge in [-0.3, -0.25) is 4.79 Å². The third-order valence-corrected chi connectivity index (χ3v) is 5.02. The van der Waals surface area contributed by atoms with Gasteiger partial charge in [0.15, 0.2) is 6.54 Å². The van der Waals surface area contributed by atoms with Crippen molar-refractivity contribution in [3.63, 3.8) is 0 Å². The fourth-order valence-electron chi connectivity index (χ4n) is 3.33. The molecule has 0 unspecified atom stereocenters. The number of quaternary nitrogens is 2. The smallest absolute Gasteiger partial charge is 0.275 e. The summed E-state index contributed by atoms with van der Waals surface area (Å²) in [4.78, 5) is 12.1. The van der Waals surface area contributed by atoms with E-state index in [-0.39, 0.29) is 5.91 Å². The van der Waals surface area contributed by atoms with Crippen molar-refractivity contribution < 1.29 is 13.8 Å². The molecule has 0 saturated carbocycles. The number of hydrogen-bond acceptors (Lipinski definition) is 1. The Hall–Kier alpha value is -0.610. The van der Waals surface area contributed by atoms with Gasteiger partial charge in [0.05, 0.1) is 48.3 Å². The quantitative estimate of drug-likeness (QED) is 0.301. The van der Waals surface area contributed by atoms with Crippen LogP contribution in [-0.4, -0.2) is 76.3 Å². The number of nitrogens with one attached hydrogen (secondary N) is 1. The number of likely N-dealkylation sites (N-methyl/N-ethyl adjacent to an activating group) is 1. The molecule has 1 amide bonds. The molecule has 0 rings (SSSR count). The summed E-state index contributed by atoms with van der Waals surface area (Å²) in [5, 5.41) is 3.09. The van der Waals surface area contributed by atoms with E-state index < -0.39 is 0 Å². The zero-order valence-electron chi connectivity index (χ0n) is 18.9.